The molecule has 4 aromatic carbocycles. The Bertz CT molecular complexity index is 4070. The van der Waals surface area contributed by atoms with Crippen LogP contribution in [-0.4, -0.2) is 72.0 Å². The highest BCUT2D eigenvalue weighted by atomic mass is 35.5. The molecule has 8 aromatic rings. The van der Waals surface area contributed by atoms with Crippen LogP contribution < -0.4 is 64.6 Å². The maximum absolute atomic E-state index is 7.46. The molecule has 0 atom stereocenters. The molecule has 1 aliphatic rings. The Hall–Kier alpha value is -5.04. The summed E-state index contributed by atoms with van der Waals surface area (Å²) in [5, 5.41) is 32.9. The fourth-order valence-corrected chi connectivity index (χ4v) is 13.2. The van der Waals surface area contributed by atoms with Crippen molar-refractivity contribution in [1.29, 1.82) is 0 Å². The van der Waals surface area contributed by atoms with Crippen LogP contribution in [0.5, 0.6) is 0 Å². The van der Waals surface area contributed by atoms with Crippen molar-refractivity contribution in [2.24, 2.45) is 20.0 Å². The van der Waals surface area contributed by atoms with E-state index in [2.05, 4.69) is 119 Å². The Morgan fingerprint density at radius 1 is 0.318 bits per heavy atom. The molecule has 8 bridgehead atoms. The summed E-state index contributed by atoms with van der Waals surface area (Å²) in [5.74, 6) is 1.50. The van der Waals surface area contributed by atoms with Crippen molar-refractivity contribution in [2.45, 2.75) is 158 Å². The van der Waals surface area contributed by atoms with E-state index in [9.17, 15) is 0 Å². The lowest BCUT2D eigenvalue weighted by atomic mass is 10.0. The molecule has 0 saturated heterocycles. The van der Waals surface area contributed by atoms with Gasteiger partial charge in [0.25, 0.3) is 0 Å². The van der Waals surface area contributed by atoms with Crippen molar-refractivity contribution in [2.75, 3.05) is 95.0 Å². The van der Waals surface area contributed by atoms with Gasteiger partial charge in [-0.25, -0.2) is 24.6 Å². The third-order valence-electron chi connectivity index (χ3n) is 15.9. The zero-order valence-corrected chi connectivity index (χ0v) is 57.9. The molecule has 9 rings (SSSR count). The number of halogens is 8. The number of benzene rings is 4. The standard InChI is InChI=1S/C64H84Cl8N16/c1-9-17-25-73-35-33-34-36(52(75-27-19-11-3)51(35)74-26-18-10-2)58-81-57(34)82-59-37-38(44(66)48(70)47(69)43(37)65)60(83-59)84-61-39-40(46(68)50(72)49(71)45(39)67)62(85-61)87-64-42-41(63(86-58)88(64)80-32-24-16-8)53(76-28-20-12-4)55(78-30-22-14-6)56(79-31-23-15-7)54(42)77-29-21-13-5/h33,73-80H,9-32H2,1-8H3,(H3,81,82,83,84,85,86,87). The second kappa shape index (κ2) is 31.3. The Kier molecular flexibility index (Phi) is 24.0. The Morgan fingerprint density at radius 3 is 1.06 bits per heavy atom. The second-order valence-electron chi connectivity index (χ2n) is 22.5. The number of rotatable bonds is 32. The van der Waals surface area contributed by atoms with Crippen LogP contribution in [0.15, 0.2) is 26.0 Å². The molecule has 0 amide bonds. The first-order valence-corrected chi connectivity index (χ1v) is 34.8. The van der Waals surface area contributed by atoms with Crippen LogP contribution in [0.3, 0.4) is 0 Å². The smallest absolute Gasteiger partial charge is 0.165 e. The van der Waals surface area contributed by atoms with Gasteiger partial charge in [0.2, 0.25) is 0 Å². The monoisotopic (exact) mass is 1360 g/mol. The molecule has 4 aromatic heterocycles. The molecule has 0 fully saturated rings. The first-order valence-electron chi connectivity index (χ1n) is 31.8. The van der Waals surface area contributed by atoms with Gasteiger partial charge in [-0.05, 0) is 57.4 Å². The first-order chi connectivity index (χ1) is 42.7. The van der Waals surface area contributed by atoms with Gasteiger partial charge in [-0.1, -0.05) is 200 Å². The van der Waals surface area contributed by atoms with E-state index in [1.807, 2.05) is 4.68 Å². The van der Waals surface area contributed by atoms with E-state index in [1.54, 1.807) is 0 Å². The number of aromatic amines is 3. The van der Waals surface area contributed by atoms with Crippen molar-refractivity contribution in [3.8, 4) is 0 Å². The van der Waals surface area contributed by atoms with Gasteiger partial charge < -0.3 is 57.6 Å². The van der Waals surface area contributed by atoms with Crippen LogP contribution >= 0.6 is 92.8 Å². The third-order valence-corrected chi connectivity index (χ3v) is 19.5. The van der Waals surface area contributed by atoms with E-state index in [1.165, 1.54) is 0 Å². The van der Waals surface area contributed by atoms with E-state index >= 15 is 0 Å². The summed E-state index contributed by atoms with van der Waals surface area (Å²) in [5.41, 5.74) is 11.8. The summed E-state index contributed by atoms with van der Waals surface area (Å²) in [7, 11) is 0. The van der Waals surface area contributed by atoms with Crippen LogP contribution in [0.2, 0.25) is 40.2 Å². The largest absolute Gasteiger partial charge is 0.383 e. The van der Waals surface area contributed by atoms with Gasteiger partial charge in [0, 0.05) is 57.7 Å². The highest BCUT2D eigenvalue weighted by molar-refractivity contribution is 6.57. The molecule has 24 heteroatoms. The lowest BCUT2D eigenvalue weighted by molar-refractivity contribution is 0.718. The van der Waals surface area contributed by atoms with E-state index in [0.717, 1.165) is 190 Å². The van der Waals surface area contributed by atoms with Gasteiger partial charge in [0.15, 0.2) is 11.0 Å². The van der Waals surface area contributed by atoms with Gasteiger partial charge >= 0.3 is 0 Å². The molecule has 16 nitrogen and oxygen atoms in total. The van der Waals surface area contributed by atoms with Gasteiger partial charge in [-0.3, -0.25) is 0 Å². The number of aromatic nitrogens is 4. The van der Waals surface area contributed by atoms with Crippen LogP contribution in [0.4, 0.5) is 63.1 Å². The van der Waals surface area contributed by atoms with Crippen molar-refractivity contribution >= 4 is 199 Å². The minimum absolute atomic E-state index is 0.0360. The van der Waals surface area contributed by atoms with Gasteiger partial charge in [0.1, 0.15) is 34.2 Å². The molecule has 1 aliphatic heterocycles. The highest BCUT2D eigenvalue weighted by Gasteiger charge is 2.31. The molecule has 0 spiro atoms. The Balaban J connectivity index is 1.65. The minimum atomic E-state index is 0.0360. The SMILES string of the molecule is CCCCNc1cc2c3[nH]c(c2c(NCCCC)c1NCCCC)N=c1c2c(NCCCC)c(NCCCC)c(NCCCC)c(NCCCC)c2c(n1NCCCC)=Nc1[nH]c(c2c(Cl)c(Cl)c(Cl)c(Cl)c12)N=c1[nH]c(c2c(Cl)c(Cl)c(Cl)c(Cl)c12)=N3. The quantitative estimate of drug-likeness (QED) is 0.0111. The van der Waals surface area contributed by atoms with Gasteiger partial charge in [0.05, 0.1) is 118 Å². The number of hydrogen-bond donors (Lipinski definition) is 11. The predicted molar refractivity (Wildman–Crippen MR) is 383 cm³/mol. The highest BCUT2D eigenvalue weighted by Crippen LogP contribution is 2.52. The molecule has 5 heterocycles. The topological polar surface area (TPSA) is 198 Å². The number of nitrogens with one attached hydrogen (secondary N) is 11. The maximum atomic E-state index is 7.46. The Morgan fingerprint density at radius 2 is 0.636 bits per heavy atom. The summed E-state index contributed by atoms with van der Waals surface area (Å²) in [6.07, 6.45) is 15.3. The van der Waals surface area contributed by atoms with Crippen LogP contribution in [0.25, 0.3) is 43.1 Å². The minimum Gasteiger partial charge on any atom is -0.383 e. The molecule has 476 valence electrons. The molecule has 0 unspecified atom stereocenters. The second-order valence-corrected chi connectivity index (χ2v) is 25.5. The number of fused-ring (bicyclic) bond motifs is 20. The molecule has 0 aliphatic carbocycles. The lowest BCUT2D eigenvalue weighted by Crippen LogP contribution is -2.36. The predicted octanol–water partition coefficient (Wildman–Crippen LogP) is 20.3. The zero-order valence-electron chi connectivity index (χ0n) is 51.8. The summed E-state index contributed by atoms with van der Waals surface area (Å²) in [6, 6.07) is 2.17. The van der Waals surface area contributed by atoms with Crippen LogP contribution in [0.1, 0.15) is 158 Å². The fourth-order valence-electron chi connectivity index (χ4n) is 11.1. The van der Waals surface area contributed by atoms with Gasteiger partial charge in [-0.2, -0.15) is 0 Å². The number of anilines is 7. The summed E-state index contributed by atoms with van der Waals surface area (Å²) in [6.45, 7) is 23.2. The van der Waals surface area contributed by atoms with Crippen molar-refractivity contribution in [3.63, 3.8) is 0 Å². The number of unbranched alkanes of at least 4 members (excludes halogenated alkanes) is 8. The average molecular weight is 1360 g/mol. The van der Waals surface area contributed by atoms with E-state index < -0.39 is 0 Å². The van der Waals surface area contributed by atoms with Gasteiger partial charge in [-0.15, -0.1) is 0 Å². The number of nitrogens with zero attached hydrogens (tertiary/aromatic N) is 5. The van der Waals surface area contributed by atoms with Crippen molar-refractivity contribution in [3.05, 3.63) is 68.2 Å². The molecule has 88 heavy (non-hydrogen) atoms. The molecule has 0 saturated carbocycles. The zero-order chi connectivity index (χ0) is 62.8. The average Bonchev–Trinajstić information content (AvgIpc) is 2.00. The molecule has 0 radical (unpaired) electrons. The summed E-state index contributed by atoms with van der Waals surface area (Å²) in [4.78, 5) is 33.6. The summed E-state index contributed by atoms with van der Waals surface area (Å²) >= 11 is 57.5. The molecule has 11 N–H and O–H groups in total. The van der Waals surface area contributed by atoms with E-state index in [0.29, 0.717) is 70.3 Å². The maximum Gasteiger partial charge on any atom is 0.165 e. The fraction of sp³-hybridized carbons (Fsp3) is 0.500. The van der Waals surface area contributed by atoms with Crippen LogP contribution in [0, 0.1) is 0 Å². The number of H-pyrrole nitrogens is 3. The summed E-state index contributed by atoms with van der Waals surface area (Å²) < 4.78 is 2.03. The van der Waals surface area contributed by atoms with E-state index in [4.69, 9.17) is 113 Å². The van der Waals surface area contributed by atoms with E-state index in [-0.39, 0.29) is 62.8 Å². The lowest BCUT2D eigenvalue weighted by Gasteiger charge is -2.24. The van der Waals surface area contributed by atoms with Crippen molar-refractivity contribution in [1.82, 2.24) is 19.6 Å². The first kappa shape index (κ1) is 67.4. The molecular weight excluding hydrogens is 1280 g/mol. The molecular formula is C64H84Cl8N16. The third kappa shape index (κ3) is 13.6. The van der Waals surface area contributed by atoms with Crippen LogP contribution in [-0.2, 0) is 0 Å². The normalized spacial score (nSPS) is 12.2. The van der Waals surface area contributed by atoms with Crippen molar-refractivity contribution < 1.29 is 0 Å². The number of hydrogen-bond acceptors (Lipinski definition) is 12. The Labute approximate surface area is 555 Å².